The Hall–Kier alpha value is -0.510. The number of hydrogen-bond donors (Lipinski definition) is 0. The van der Waals surface area contributed by atoms with Crippen molar-refractivity contribution in [3.63, 3.8) is 0 Å². The summed E-state index contributed by atoms with van der Waals surface area (Å²) in [5, 5.41) is 0. The Morgan fingerprint density at radius 3 is 2.22 bits per heavy atom. The molecule has 1 saturated carbocycles. The molecule has 0 saturated heterocycles. The van der Waals surface area contributed by atoms with Gasteiger partial charge in [-0.25, -0.2) is 0 Å². The first-order chi connectivity index (χ1) is 8.29. The monoisotopic (exact) mass is 272 g/mol. The number of rotatable bonds is 5. The average molecular weight is 272 g/mol. The molecule has 0 aromatic carbocycles. The van der Waals surface area contributed by atoms with E-state index in [0.29, 0.717) is 12.2 Å². The van der Waals surface area contributed by atoms with Crippen LogP contribution in [0, 0.1) is 5.41 Å². The van der Waals surface area contributed by atoms with Gasteiger partial charge in [0.15, 0.2) is 0 Å². The first kappa shape index (κ1) is 15.5. The lowest BCUT2D eigenvalue weighted by Crippen LogP contribution is -2.32. The van der Waals surface area contributed by atoms with Crippen molar-refractivity contribution in [3.8, 4) is 0 Å². The molecule has 0 aromatic heterocycles. The van der Waals surface area contributed by atoms with E-state index >= 15 is 0 Å². The van der Waals surface area contributed by atoms with E-state index < -0.39 is 5.41 Å². The van der Waals surface area contributed by atoms with E-state index in [0.717, 1.165) is 25.7 Å². The molecule has 1 aliphatic rings. The van der Waals surface area contributed by atoms with E-state index in [4.69, 9.17) is 4.74 Å². The second-order valence-electron chi connectivity index (χ2n) is 6.10. The minimum Gasteiger partial charge on any atom is -0.469 e. The second-order valence-corrected chi connectivity index (χ2v) is 7.90. The average Bonchev–Trinajstić information content (AvgIpc) is 2.74. The van der Waals surface area contributed by atoms with Gasteiger partial charge < -0.3 is 4.74 Å². The Morgan fingerprint density at radius 1 is 1.22 bits per heavy atom. The molecule has 0 heterocycles. The number of carbonyl (C=O) groups is 2. The van der Waals surface area contributed by atoms with Crippen LogP contribution in [0.15, 0.2) is 0 Å². The first-order valence-electron chi connectivity index (χ1n) is 6.53. The molecule has 0 unspecified atom stereocenters. The third-order valence-electron chi connectivity index (χ3n) is 3.38. The Bertz CT molecular complexity index is 311. The van der Waals surface area contributed by atoms with Crippen LogP contribution in [0.5, 0.6) is 0 Å². The number of ketones is 1. The van der Waals surface area contributed by atoms with Gasteiger partial charge in [0.1, 0.15) is 5.78 Å². The lowest BCUT2D eigenvalue weighted by Gasteiger charge is -2.25. The molecule has 1 fully saturated rings. The second kappa shape index (κ2) is 6.09. The summed E-state index contributed by atoms with van der Waals surface area (Å²) in [4.78, 5) is 23.9. The smallest absolute Gasteiger partial charge is 0.312 e. The minimum atomic E-state index is -0.524. The maximum atomic E-state index is 12.0. The molecule has 0 atom stereocenters. The van der Waals surface area contributed by atoms with E-state index in [9.17, 15) is 9.59 Å². The molecule has 18 heavy (non-hydrogen) atoms. The summed E-state index contributed by atoms with van der Waals surface area (Å²) < 4.78 is 4.97. The number of esters is 1. The molecule has 0 N–H and O–H groups in total. The summed E-state index contributed by atoms with van der Waals surface area (Å²) in [5.74, 6) is 0.457. The number of Topliss-reactive ketones (excluding diaryl/α,β-unsaturated/α-hetero) is 1. The quantitative estimate of drug-likeness (QED) is 0.721. The van der Waals surface area contributed by atoms with E-state index in [1.54, 1.807) is 11.8 Å². The van der Waals surface area contributed by atoms with Crippen LogP contribution in [0.1, 0.15) is 52.9 Å². The fourth-order valence-corrected chi connectivity index (χ4v) is 3.14. The van der Waals surface area contributed by atoms with Crippen molar-refractivity contribution in [2.75, 3.05) is 12.9 Å². The molecule has 104 valence electrons. The van der Waals surface area contributed by atoms with Gasteiger partial charge >= 0.3 is 5.97 Å². The Balaban J connectivity index is 2.57. The highest BCUT2D eigenvalue weighted by Gasteiger charge is 2.43. The zero-order valence-electron chi connectivity index (χ0n) is 11.9. The standard InChI is InChI=1S/C14H24O3S/c1-13(2,3)18-10-11(15)9-14(12(16)17-4)7-5-6-8-14/h5-10H2,1-4H3. The fourth-order valence-electron chi connectivity index (χ4n) is 2.45. The van der Waals surface area contributed by atoms with Crippen molar-refractivity contribution in [2.24, 2.45) is 5.41 Å². The number of thioether (sulfide) groups is 1. The number of ether oxygens (including phenoxy) is 1. The highest BCUT2D eigenvalue weighted by Crippen LogP contribution is 2.42. The van der Waals surface area contributed by atoms with E-state index in [1.165, 1.54) is 7.11 Å². The van der Waals surface area contributed by atoms with Crippen molar-refractivity contribution in [1.82, 2.24) is 0 Å². The van der Waals surface area contributed by atoms with Gasteiger partial charge in [0.25, 0.3) is 0 Å². The maximum absolute atomic E-state index is 12.0. The first-order valence-corrected chi connectivity index (χ1v) is 7.52. The molecule has 1 rings (SSSR count). The highest BCUT2D eigenvalue weighted by molar-refractivity contribution is 8.01. The van der Waals surface area contributed by atoms with E-state index in [2.05, 4.69) is 20.8 Å². The van der Waals surface area contributed by atoms with Crippen LogP contribution in [-0.4, -0.2) is 29.4 Å². The van der Waals surface area contributed by atoms with Gasteiger partial charge in [-0.2, -0.15) is 0 Å². The third-order valence-corrected chi connectivity index (χ3v) is 4.71. The van der Waals surface area contributed by atoms with Crippen LogP contribution in [0.25, 0.3) is 0 Å². The molecule has 0 spiro atoms. The van der Waals surface area contributed by atoms with Crippen molar-refractivity contribution in [3.05, 3.63) is 0 Å². The van der Waals surface area contributed by atoms with Gasteiger partial charge in [-0.3, -0.25) is 9.59 Å². The van der Waals surface area contributed by atoms with Crippen molar-refractivity contribution in [2.45, 2.75) is 57.6 Å². The molecule has 0 aliphatic heterocycles. The van der Waals surface area contributed by atoms with Gasteiger partial charge in [-0.1, -0.05) is 33.6 Å². The largest absolute Gasteiger partial charge is 0.469 e. The third kappa shape index (κ3) is 4.30. The van der Waals surface area contributed by atoms with Crippen molar-refractivity contribution in [1.29, 1.82) is 0 Å². The lowest BCUT2D eigenvalue weighted by molar-refractivity contribution is -0.154. The predicted molar refractivity (Wildman–Crippen MR) is 74.8 cm³/mol. The molecule has 3 nitrogen and oxygen atoms in total. The van der Waals surface area contributed by atoms with Crippen LogP contribution < -0.4 is 0 Å². The van der Waals surface area contributed by atoms with E-state index in [1.807, 2.05) is 0 Å². The normalized spacial score (nSPS) is 18.7. The van der Waals surface area contributed by atoms with Crippen molar-refractivity contribution < 1.29 is 14.3 Å². The Morgan fingerprint density at radius 2 is 1.78 bits per heavy atom. The van der Waals surface area contributed by atoms with Gasteiger partial charge in [-0.05, 0) is 12.8 Å². The number of carbonyl (C=O) groups excluding carboxylic acids is 2. The molecule has 0 bridgehead atoms. The highest BCUT2D eigenvalue weighted by atomic mass is 32.2. The van der Waals surface area contributed by atoms with Gasteiger partial charge in [0, 0.05) is 11.2 Å². The summed E-state index contributed by atoms with van der Waals surface area (Å²) in [6, 6.07) is 0. The van der Waals surface area contributed by atoms with Crippen LogP contribution in [0.2, 0.25) is 0 Å². The zero-order chi connectivity index (χ0) is 13.8. The molecule has 4 heteroatoms. The SMILES string of the molecule is COC(=O)C1(CC(=O)CSC(C)(C)C)CCCC1. The summed E-state index contributed by atoms with van der Waals surface area (Å²) in [7, 11) is 1.41. The molecule has 0 aromatic rings. The van der Waals surface area contributed by atoms with Gasteiger partial charge in [0.05, 0.1) is 18.3 Å². The minimum absolute atomic E-state index is 0.0871. The van der Waals surface area contributed by atoms with Gasteiger partial charge in [-0.15, -0.1) is 11.8 Å². The molecular weight excluding hydrogens is 248 g/mol. The molecule has 0 amide bonds. The fraction of sp³-hybridized carbons (Fsp3) is 0.857. The van der Waals surface area contributed by atoms with Crippen molar-refractivity contribution >= 4 is 23.5 Å². The number of hydrogen-bond acceptors (Lipinski definition) is 4. The summed E-state index contributed by atoms with van der Waals surface area (Å²) in [6.45, 7) is 6.28. The summed E-state index contributed by atoms with van der Waals surface area (Å²) in [5.41, 5.74) is -0.524. The maximum Gasteiger partial charge on any atom is 0.312 e. The van der Waals surface area contributed by atoms with Crippen LogP contribution in [-0.2, 0) is 14.3 Å². The summed E-state index contributed by atoms with van der Waals surface area (Å²) >= 11 is 1.64. The van der Waals surface area contributed by atoms with E-state index in [-0.39, 0.29) is 16.5 Å². The van der Waals surface area contributed by atoms with Crippen LogP contribution in [0.3, 0.4) is 0 Å². The molecule has 0 radical (unpaired) electrons. The predicted octanol–water partition coefficient (Wildman–Crippen LogP) is 3.21. The number of methoxy groups -OCH3 is 1. The zero-order valence-corrected chi connectivity index (χ0v) is 12.7. The van der Waals surface area contributed by atoms with Crippen LogP contribution >= 0.6 is 11.8 Å². The Kier molecular flexibility index (Phi) is 5.26. The molecule has 1 aliphatic carbocycles. The summed E-state index contributed by atoms with van der Waals surface area (Å²) in [6.07, 6.45) is 3.99. The van der Waals surface area contributed by atoms with Gasteiger partial charge in [0.2, 0.25) is 0 Å². The lowest BCUT2D eigenvalue weighted by atomic mass is 9.81. The van der Waals surface area contributed by atoms with Crippen LogP contribution in [0.4, 0.5) is 0 Å². The molecular formula is C14H24O3S. The topological polar surface area (TPSA) is 43.4 Å². The Labute approximate surface area is 114 Å².